The van der Waals surface area contributed by atoms with Crippen LogP contribution in [0.5, 0.6) is 11.5 Å². The topological polar surface area (TPSA) is 97.1 Å². The first-order valence-corrected chi connectivity index (χ1v) is 8.84. The van der Waals surface area contributed by atoms with Crippen LogP contribution in [0.25, 0.3) is 0 Å². The molecular formula is C20H21NO7. The first-order valence-electron chi connectivity index (χ1n) is 8.84. The maximum Gasteiger partial charge on any atom is 0.338 e. The van der Waals surface area contributed by atoms with E-state index >= 15 is 0 Å². The molecule has 0 radical (unpaired) electrons. The minimum atomic E-state index is -0.539. The molecule has 0 aromatic heterocycles. The summed E-state index contributed by atoms with van der Waals surface area (Å²) in [6.07, 6.45) is 0. The third kappa shape index (κ3) is 4.77. The first kappa shape index (κ1) is 19.6. The highest BCUT2D eigenvalue weighted by Crippen LogP contribution is 2.33. The van der Waals surface area contributed by atoms with Gasteiger partial charge in [-0.1, -0.05) is 13.8 Å². The van der Waals surface area contributed by atoms with Crippen LogP contribution in [0, 0.1) is 16.0 Å². The van der Waals surface area contributed by atoms with Crippen molar-refractivity contribution in [2.24, 2.45) is 5.92 Å². The van der Waals surface area contributed by atoms with Crippen LogP contribution in [0.1, 0.15) is 35.3 Å². The maximum atomic E-state index is 12.3. The molecule has 0 atom stereocenters. The van der Waals surface area contributed by atoms with Gasteiger partial charge in [0, 0.05) is 23.3 Å². The summed E-state index contributed by atoms with van der Waals surface area (Å²) in [6, 6.07) is 9.38. The summed E-state index contributed by atoms with van der Waals surface area (Å²) in [5.41, 5.74) is 1.24. The smallest absolute Gasteiger partial charge is 0.338 e. The first-order chi connectivity index (χ1) is 13.4. The van der Waals surface area contributed by atoms with E-state index in [2.05, 4.69) is 0 Å². The Morgan fingerprint density at radius 3 is 2.68 bits per heavy atom. The molecule has 3 rings (SSSR count). The third-order valence-corrected chi connectivity index (χ3v) is 4.01. The largest absolute Gasteiger partial charge is 0.493 e. The number of carbonyl (C=O) groups is 1. The Morgan fingerprint density at radius 2 is 2.00 bits per heavy atom. The normalized spacial score (nSPS) is 12.8. The number of fused-ring (bicyclic) bond motifs is 1. The Labute approximate surface area is 162 Å². The zero-order valence-electron chi connectivity index (χ0n) is 15.7. The number of hydrogen-bond donors (Lipinski definition) is 0. The number of rotatable bonds is 7. The van der Waals surface area contributed by atoms with Crippen molar-refractivity contribution in [1.29, 1.82) is 0 Å². The van der Waals surface area contributed by atoms with Gasteiger partial charge in [-0.15, -0.1) is 0 Å². The molecule has 0 N–H and O–H groups in total. The van der Waals surface area contributed by atoms with E-state index in [4.69, 9.17) is 18.9 Å². The molecule has 0 bridgehead atoms. The van der Waals surface area contributed by atoms with Crippen LogP contribution in [0.3, 0.4) is 0 Å². The number of esters is 1. The second-order valence-electron chi connectivity index (χ2n) is 6.77. The molecule has 0 saturated heterocycles. The van der Waals surface area contributed by atoms with Gasteiger partial charge in [-0.25, -0.2) is 4.79 Å². The van der Waals surface area contributed by atoms with Crippen LogP contribution in [0.15, 0.2) is 36.4 Å². The van der Waals surface area contributed by atoms with E-state index in [1.165, 1.54) is 12.1 Å². The highest BCUT2D eigenvalue weighted by Gasteiger charge is 2.22. The molecule has 1 aliphatic rings. The lowest BCUT2D eigenvalue weighted by Gasteiger charge is -2.20. The summed E-state index contributed by atoms with van der Waals surface area (Å²) in [5, 5.41) is 11.1. The number of ether oxygens (including phenoxy) is 4. The van der Waals surface area contributed by atoms with Crippen LogP contribution in [-0.4, -0.2) is 24.3 Å². The van der Waals surface area contributed by atoms with Crippen molar-refractivity contribution in [2.75, 3.05) is 13.4 Å². The molecule has 0 aliphatic carbocycles. The van der Waals surface area contributed by atoms with Crippen molar-refractivity contribution < 1.29 is 28.7 Å². The predicted octanol–water partition coefficient (Wildman–Crippen LogP) is 3.85. The Bertz CT molecular complexity index is 862. The number of nitro benzene ring substituents is 1. The van der Waals surface area contributed by atoms with E-state index in [-0.39, 0.29) is 25.7 Å². The molecule has 2 aromatic carbocycles. The van der Waals surface area contributed by atoms with Gasteiger partial charge in [0.25, 0.3) is 5.69 Å². The number of carbonyl (C=O) groups excluding carboxylic acids is 1. The van der Waals surface area contributed by atoms with E-state index in [1.54, 1.807) is 24.3 Å². The van der Waals surface area contributed by atoms with Gasteiger partial charge in [-0.05, 0) is 30.2 Å². The van der Waals surface area contributed by atoms with E-state index in [9.17, 15) is 14.9 Å². The molecule has 1 aliphatic heterocycles. The van der Waals surface area contributed by atoms with Gasteiger partial charge in [-0.3, -0.25) is 10.1 Å². The minimum absolute atomic E-state index is 0.0452. The van der Waals surface area contributed by atoms with Crippen LogP contribution >= 0.6 is 0 Å². The van der Waals surface area contributed by atoms with Gasteiger partial charge in [0.1, 0.15) is 18.1 Å². The lowest BCUT2D eigenvalue weighted by molar-refractivity contribution is -0.385. The maximum absolute atomic E-state index is 12.3. The Balaban J connectivity index is 1.69. The van der Waals surface area contributed by atoms with Gasteiger partial charge < -0.3 is 18.9 Å². The Hall–Kier alpha value is -3.13. The summed E-state index contributed by atoms with van der Waals surface area (Å²) in [5.74, 6) is 0.995. The summed E-state index contributed by atoms with van der Waals surface area (Å²) < 4.78 is 21.5. The number of benzene rings is 2. The monoisotopic (exact) mass is 387 g/mol. The molecule has 0 amide bonds. The zero-order chi connectivity index (χ0) is 20.1. The van der Waals surface area contributed by atoms with E-state index in [0.29, 0.717) is 40.7 Å². The van der Waals surface area contributed by atoms with Crippen LogP contribution in [0.4, 0.5) is 5.69 Å². The average molecular weight is 387 g/mol. The quantitative estimate of drug-likeness (QED) is 0.404. The van der Waals surface area contributed by atoms with Gasteiger partial charge in [0.05, 0.1) is 23.7 Å². The zero-order valence-corrected chi connectivity index (χ0v) is 15.7. The molecule has 0 saturated carbocycles. The molecule has 8 heteroatoms. The second kappa shape index (κ2) is 8.71. The molecule has 148 valence electrons. The third-order valence-electron chi connectivity index (χ3n) is 4.01. The highest BCUT2D eigenvalue weighted by molar-refractivity contribution is 5.89. The SMILES string of the molecule is CC(C)COc1ccc(C(=O)OCc2cc([N+](=O)[O-])cc3c2OCOC3)cc1. The lowest BCUT2D eigenvalue weighted by atomic mass is 10.1. The van der Waals surface area contributed by atoms with E-state index < -0.39 is 10.9 Å². The van der Waals surface area contributed by atoms with Gasteiger partial charge in [0.15, 0.2) is 6.79 Å². The fraction of sp³-hybridized carbons (Fsp3) is 0.350. The van der Waals surface area contributed by atoms with Crippen molar-refractivity contribution in [3.63, 3.8) is 0 Å². The van der Waals surface area contributed by atoms with Crippen molar-refractivity contribution in [3.05, 3.63) is 63.2 Å². The molecule has 8 nitrogen and oxygen atoms in total. The van der Waals surface area contributed by atoms with Crippen molar-refractivity contribution in [2.45, 2.75) is 27.1 Å². The van der Waals surface area contributed by atoms with Crippen LogP contribution in [0.2, 0.25) is 0 Å². The second-order valence-corrected chi connectivity index (χ2v) is 6.77. The minimum Gasteiger partial charge on any atom is -0.493 e. The molecule has 28 heavy (non-hydrogen) atoms. The number of non-ortho nitro benzene ring substituents is 1. The van der Waals surface area contributed by atoms with E-state index in [1.807, 2.05) is 13.8 Å². The molecule has 2 aromatic rings. The molecule has 1 heterocycles. The Kier molecular flexibility index (Phi) is 6.10. The number of hydrogen-bond acceptors (Lipinski definition) is 7. The van der Waals surface area contributed by atoms with Crippen molar-refractivity contribution in [1.82, 2.24) is 0 Å². The van der Waals surface area contributed by atoms with Crippen molar-refractivity contribution in [3.8, 4) is 11.5 Å². The van der Waals surface area contributed by atoms with E-state index in [0.717, 1.165) is 0 Å². The number of nitrogens with zero attached hydrogens (tertiary/aromatic N) is 1. The van der Waals surface area contributed by atoms with Crippen LogP contribution in [-0.2, 0) is 22.7 Å². The fourth-order valence-electron chi connectivity index (χ4n) is 2.67. The Morgan fingerprint density at radius 1 is 1.25 bits per heavy atom. The van der Waals surface area contributed by atoms with Gasteiger partial charge in [-0.2, -0.15) is 0 Å². The average Bonchev–Trinajstić information content (AvgIpc) is 2.70. The van der Waals surface area contributed by atoms with Crippen LogP contribution < -0.4 is 9.47 Å². The predicted molar refractivity (Wildman–Crippen MR) is 99.3 cm³/mol. The molecule has 0 spiro atoms. The summed E-state index contributed by atoms with van der Waals surface area (Å²) in [7, 11) is 0. The fourth-order valence-corrected chi connectivity index (χ4v) is 2.67. The molecule has 0 fully saturated rings. The molecule has 0 unspecified atom stereocenters. The molecular weight excluding hydrogens is 366 g/mol. The van der Waals surface area contributed by atoms with Gasteiger partial charge in [0.2, 0.25) is 0 Å². The summed E-state index contributed by atoms with van der Waals surface area (Å²) in [6.45, 7) is 4.79. The standard InChI is InChI=1S/C20H21NO7/c1-13(2)9-26-18-5-3-14(4-6-18)20(22)27-11-16-8-17(21(23)24)7-15-10-25-12-28-19(15)16/h3-8,13H,9-12H2,1-2H3. The lowest BCUT2D eigenvalue weighted by Crippen LogP contribution is -2.15. The summed E-state index contributed by atoms with van der Waals surface area (Å²) >= 11 is 0. The van der Waals surface area contributed by atoms with Gasteiger partial charge >= 0.3 is 5.97 Å². The number of nitro groups is 1. The highest BCUT2D eigenvalue weighted by atomic mass is 16.7. The summed E-state index contributed by atoms with van der Waals surface area (Å²) in [4.78, 5) is 22.9. The van der Waals surface area contributed by atoms with Crippen molar-refractivity contribution >= 4 is 11.7 Å².